The van der Waals surface area contributed by atoms with Gasteiger partial charge in [-0.25, -0.2) is 9.59 Å². The van der Waals surface area contributed by atoms with E-state index in [4.69, 9.17) is 18.9 Å². The van der Waals surface area contributed by atoms with Gasteiger partial charge in [0.15, 0.2) is 0 Å². The monoisotopic (exact) mass is 452 g/mol. The van der Waals surface area contributed by atoms with Gasteiger partial charge in [-0.1, -0.05) is 38.1 Å². The zero-order valence-corrected chi connectivity index (χ0v) is 20.1. The summed E-state index contributed by atoms with van der Waals surface area (Å²) in [6.07, 6.45) is 1.42. The fourth-order valence-corrected chi connectivity index (χ4v) is 2.90. The van der Waals surface area contributed by atoms with E-state index in [1.165, 1.54) is 0 Å². The summed E-state index contributed by atoms with van der Waals surface area (Å²) >= 11 is 0. The summed E-state index contributed by atoms with van der Waals surface area (Å²) in [6, 6.07) is 7.68. The van der Waals surface area contributed by atoms with Crippen molar-refractivity contribution >= 4 is 12.2 Å². The highest BCUT2D eigenvalue weighted by atomic mass is 16.6. The van der Waals surface area contributed by atoms with E-state index in [9.17, 15) is 9.59 Å². The van der Waals surface area contributed by atoms with Crippen LogP contribution in [0.3, 0.4) is 0 Å². The van der Waals surface area contributed by atoms with Gasteiger partial charge >= 0.3 is 12.2 Å². The van der Waals surface area contributed by atoms with Crippen molar-refractivity contribution in [2.45, 2.75) is 66.2 Å². The van der Waals surface area contributed by atoms with Crippen LogP contribution in [0.15, 0.2) is 24.3 Å². The highest BCUT2D eigenvalue weighted by Crippen LogP contribution is 2.14. The molecule has 8 heteroatoms. The molecule has 0 spiro atoms. The van der Waals surface area contributed by atoms with E-state index in [1.807, 2.05) is 38.1 Å². The maximum Gasteiger partial charge on any atom is 0.410 e. The zero-order valence-electron chi connectivity index (χ0n) is 20.1. The van der Waals surface area contributed by atoms with Crippen LogP contribution in [0.2, 0.25) is 0 Å². The van der Waals surface area contributed by atoms with Gasteiger partial charge in [-0.15, -0.1) is 0 Å². The smallest absolute Gasteiger partial charge is 0.410 e. The molecular weight excluding hydrogens is 412 g/mol. The largest absolute Gasteiger partial charge is 0.450 e. The maximum absolute atomic E-state index is 12.9. The van der Waals surface area contributed by atoms with Gasteiger partial charge < -0.3 is 29.2 Å². The molecule has 0 saturated heterocycles. The topological polar surface area (TPSA) is 86.3 Å². The van der Waals surface area contributed by atoms with Crippen LogP contribution in [0, 0.1) is 0 Å². The zero-order chi connectivity index (χ0) is 23.6. The molecule has 8 nitrogen and oxygen atoms in total. The molecule has 1 aromatic carbocycles. The number of hydrogen-bond acceptors (Lipinski definition) is 6. The summed E-state index contributed by atoms with van der Waals surface area (Å²) in [6.45, 7) is 11.5. The van der Waals surface area contributed by atoms with Crippen LogP contribution < -0.4 is 5.32 Å². The number of ether oxygens (including phenoxy) is 4. The van der Waals surface area contributed by atoms with Crippen molar-refractivity contribution < 1.29 is 28.5 Å². The van der Waals surface area contributed by atoms with Crippen LogP contribution in [0.5, 0.6) is 0 Å². The van der Waals surface area contributed by atoms with E-state index < -0.39 is 6.09 Å². The second-order valence-electron chi connectivity index (χ2n) is 7.47. The van der Waals surface area contributed by atoms with Crippen molar-refractivity contribution in [1.82, 2.24) is 10.2 Å². The van der Waals surface area contributed by atoms with E-state index >= 15 is 0 Å². The van der Waals surface area contributed by atoms with Gasteiger partial charge in [0, 0.05) is 39.3 Å². The van der Waals surface area contributed by atoms with Gasteiger partial charge in [0.25, 0.3) is 0 Å². The molecule has 0 heterocycles. The number of benzene rings is 1. The summed E-state index contributed by atoms with van der Waals surface area (Å²) < 4.78 is 21.7. The van der Waals surface area contributed by atoms with Gasteiger partial charge in [0.05, 0.1) is 19.8 Å². The molecular formula is C24H40N2O6. The molecule has 1 aromatic rings. The fraction of sp³-hybridized carbons (Fsp3) is 0.667. The summed E-state index contributed by atoms with van der Waals surface area (Å²) in [5.41, 5.74) is 1.84. The first-order chi connectivity index (χ1) is 15.5. The normalized spacial score (nSPS) is 11.6. The lowest BCUT2D eigenvalue weighted by atomic mass is 10.1. The third kappa shape index (κ3) is 11.9. The van der Waals surface area contributed by atoms with Crippen LogP contribution in [0.1, 0.15) is 58.1 Å². The molecule has 1 atom stereocenters. The van der Waals surface area contributed by atoms with Crippen LogP contribution >= 0.6 is 0 Å². The van der Waals surface area contributed by atoms with Crippen LogP contribution in [0.4, 0.5) is 9.59 Å². The minimum absolute atomic E-state index is 0.251. The van der Waals surface area contributed by atoms with Crippen molar-refractivity contribution in [3.8, 4) is 0 Å². The second-order valence-corrected chi connectivity index (χ2v) is 7.47. The molecule has 0 aliphatic rings. The first-order valence-electron chi connectivity index (χ1n) is 11.6. The quantitative estimate of drug-likeness (QED) is 0.372. The number of nitrogens with one attached hydrogen (secondary N) is 1. The lowest BCUT2D eigenvalue weighted by Gasteiger charge is -2.25. The van der Waals surface area contributed by atoms with Crippen molar-refractivity contribution in [3.05, 3.63) is 35.4 Å². The molecule has 1 unspecified atom stereocenters. The molecule has 182 valence electrons. The number of hydrogen-bond donors (Lipinski definition) is 1. The molecule has 1 rings (SSSR count). The highest BCUT2D eigenvalue weighted by molar-refractivity contribution is 5.68. The van der Waals surface area contributed by atoms with Crippen molar-refractivity contribution in [2.75, 3.05) is 39.6 Å². The summed E-state index contributed by atoms with van der Waals surface area (Å²) in [7, 11) is 0. The molecule has 0 aromatic heterocycles. The molecule has 0 bridgehead atoms. The Morgan fingerprint density at radius 1 is 0.969 bits per heavy atom. The SMILES string of the molecule is CCCOCCC(C)OC(=O)N(CCOCCC)Cc1ccccc1CNC(=O)OCC. The lowest BCUT2D eigenvalue weighted by Crippen LogP contribution is -2.36. The first-order valence-corrected chi connectivity index (χ1v) is 11.6. The maximum atomic E-state index is 12.9. The number of carbonyl (C=O) groups is 2. The van der Waals surface area contributed by atoms with E-state index in [0.29, 0.717) is 59.1 Å². The molecule has 0 saturated carbocycles. The Morgan fingerprint density at radius 3 is 2.28 bits per heavy atom. The number of nitrogens with zero attached hydrogens (tertiary/aromatic N) is 1. The number of alkyl carbamates (subject to hydrolysis) is 1. The highest BCUT2D eigenvalue weighted by Gasteiger charge is 2.19. The molecule has 0 aliphatic heterocycles. The Labute approximate surface area is 192 Å². The number of carbonyl (C=O) groups excluding carboxylic acids is 2. The van der Waals surface area contributed by atoms with E-state index in [0.717, 1.165) is 24.0 Å². The predicted molar refractivity (Wildman–Crippen MR) is 123 cm³/mol. The standard InChI is InChI=1S/C24H40N2O6/c1-5-14-29-16-12-20(4)32-24(28)26(13-17-30-15-6-2)19-22-11-9-8-10-21(22)18-25-23(27)31-7-3/h8-11,20H,5-7,12-19H2,1-4H3,(H,25,27). The van der Waals surface area contributed by atoms with E-state index in [-0.39, 0.29) is 12.2 Å². The molecule has 0 aliphatic carbocycles. The van der Waals surface area contributed by atoms with Gasteiger partial charge in [-0.05, 0) is 37.8 Å². The van der Waals surface area contributed by atoms with Crippen LogP contribution in [-0.2, 0) is 32.0 Å². The van der Waals surface area contributed by atoms with Crippen molar-refractivity contribution in [1.29, 1.82) is 0 Å². The minimum Gasteiger partial charge on any atom is -0.450 e. The molecule has 32 heavy (non-hydrogen) atoms. The first kappa shape index (κ1) is 27.7. The Bertz CT molecular complexity index is 655. The Kier molecular flexibility index (Phi) is 14.9. The minimum atomic E-state index is -0.467. The Hall–Kier alpha value is -2.32. The third-order valence-corrected chi connectivity index (χ3v) is 4.61. The Balaban J connectivity index is 2.77. The third-order valence-electron chi connectivity index (χ3n) is 4.61. The summed E-state index contributed by atoms with van der Waals surface area (Å²) in [5, 5.41) is 2.73. The summed E-state index contributed by atoms with van der Waals surface area (Å²) in [4.78, 5) is 26.2. The van der Waals surface area contributed by atoms with Gasteiger partial charge in [0.2, 0.25) is 0 Å². The van der Waals surface area contributed by atoms with Crippen LogP contribution in [-0.4, -0.2) is 62.8 Å². The van der Waals surface area contributed by atoms with Gasteiger partial charge in [-0.3, -0.25) is 0 Å². The number of amides is 2. The van der Waals surface area contributed by atoms with Gasteiger partial charge in [-0.2, -0.15) is 0 Å². The van der Waals surface area contributed by atoms with Crippen LogP contribution in [0.25, 0.3) is 0 Å². The average molecular weight is 453 g/mol. The Morgan fingerprint density at radius 2 is 1.62 bits per heavy atom. The average Bonchev–Trinajstić information content (AvgIpc) is 2.78. The second kappa shape index (κ2) is 17.3. The lowest BCUT2D eigenvalue weighted by molar-refractivity contribution is 0.0350. The fourth-order valence-electron chi connectivity index (χ4n) is 2.90. The molecule has 2 amide bonds. The predicted octanol–water partition coefficient (Wildman–Crippen LogP) is 4.50. The van der Waals surface area contributed by atoms with E-state index in [2.05, 4.69) is 12.2 Å². The molecule has 1 N–H and O–H groups in total. The van der Waals surface area contributed by atoms with Crippen molar-refractivity contribution in [2.24, 2.45) is 0 Å². The van der Waals surface area contributed by atoms with E-state index in [1.54, 1.807) is 11.8 Å². The molecule has 0 fully saturated rings. The summed E-state index contributed by atoms with van der Waals surface area (Å²) in [5.74, 6) is 0. The van der Waals surface area contributed by atoms with Gasteiger partial charge in [0.1, 0.15) is 6.10 Å². The molecule has 0 radical (unpaired) electrons. The number of rotatable bonds is 16. The van der Waals surface area contributed by atoms with Crippen molar-refractivity contribution in [3.63, 3.8) is 0 Å².